The molecule has 0 aromatic rings. The summed E-state index contributed by atoms with van der Waals surface area (Å²) in [5.74, 6) is -4.40. The molecule has 0 rings (SSSR count). The minimum Gasteiger partial charge on any atom is -0.481 e. The van der Waals surface area contributed by atoms with Crippen molar-refractivity contribution < 1.29 is 27.9 Å². The predicted molar refractivity (Wildman–Crippen MR) is 112 cm³/mol. The fourth-order valence-electron chi connectivity index (χ4n) is 2.92. The summed E-state index contributed by atoms with van der Waals surface area (Å²) < 4.78 is 22.7. The third kappa shape index (κ3) is 10.1. The molecule has 170 valence electrons. The first-order valence-corrected chi connectivity index (χ1v) is 11.7. The number of nitrogens with one attached hydrogen (secondary N) is 2. The molecule has 0 aliphatic rings. The summed E-state index contributed by atoms with van der Waals surface area (Å²) in [5, 5.41) is 15.0. The molecule has 0 bridgehead atoms. The SMILES string of the molecule is CC(C)C[C@@H](C(=O)N[C@H](C(=O)N(C)C)C(C)(C)C)[C@H](CNCS(C)(=O)=O)C(=O)O. The third-order valence-electron chi connectivity index (χ3n) is 4.43. The topological polar surface area (TPSA) is 133 Å². The number of hydrogen-bond donors (Lipinski definition) is 3. The maximum absolute atomic E-state index is 13.1. The number of carbonyl (C=O) groups is 3. The number of rotatable bonds is 11. The summed E-state index contributed by atoms with van der Waals surface area (Å²) in [7, 11) is -0.146. The molecular weight excluding hydrogens is 398 g/mol. The van der Waals surface area contributed by atoms with Crippen molar-refractivity contribution in [1.82, 2.24) is 15.5 Å². The van der Waals surface area contributed by atoms with Gasteiger partial charge in [0.2, 0.25) is 11.8 Å². The Morgan fingerprint density at radius 3 is 1.93 bits per heavy atom. The Labute approximate surface area is 174 Å². The second kappa shape index (κ2) is 10.9. The molecule has 0 aromatic heterocycles. The van der Waals surface area contributed by atoms with Crippen LogP contribution in [-0.2, 0) is 24.2 Å². The minimum atomic E-state index is -3.33. The van der Waals surface area contributed by atoms with Gasteiger partial charge in [-0.15, -0.1) is 0 Å². The molecular formula is C19H37N3O6S. The summed E-state index contributed by atoms with van der Waals surface area (Å²) >= 11 is 0. The first kappa shape index (κ1) is 27.3. The van der Waals surface area contributed by atoms with Gasteiger partial charge >= 0.3 is 5.97 Å². The Bertz CT molecular complexity index is 683. The van der Waals surface area contributed by atoms with Gasteiger partial charge in [-0.1, -0.05) is 34.6 Å². The second-order valence-corrected chi connectivity index (χ2v) is 11.4. The lowest BCUT2D eigenvalue weighted by atomic mass is 9.82. The summed E-state index contributed by atoms with van der Waals surface area (Å²) in [4.78, 5) is 38.9. The number of carbonyl (C=O) groups excluding carboxylic acids is 2. The Morgan fingerprint density at radius 1 is 1.07 bits per heavy atom. The van der Waals surface area contributed by atoms with Gasteiger partial charge in [-0.25, -0.2) is 8.42 Å². The van der Waals surface area contributed by atoms with Crippen LogP contribution in [0, 0.1) is 23.2 Å². The fraction of sp³-hybridized carbons (Fsp3) is 0.842. The van der Waals surface area contributed by atoms with Crippen LogP contribution >= 0.6 is 0 Å². The van der Waals surface area contributed by atoms with Gasteiger partial charge in [0.15, 0.2) is 9.84 Å². The van der Waals surface area contributed by atoms with E-state index in [0.717, 1.165) is 6.26 Å². The van der Waals surface area contributed by atoms with Crippen molar-refractivity contribution in [1.29, 1.82) is 0 Å². The molecule has 3 atom stereocenters. The van der Waals surface area contributed by atoms with Gasteiger partial charge in [-0.3, -0.25) is 14.4 Å². The van der Waals surface area contributed by atoms with Crippen LogP contribution in [0.3, 0.4) is 0 Å². The van der Waals surface area contributed by atoms with Gasteiger partial charge < -0.3 is 20.6 Å². The number of sulfone groups is 1. The number of aliphatic carboxylic acids is 1. The average molecular weight is 436 g/mol. The van der Waals surface area contributed by atoms with Crippen LogP contribution < -0.4 is 10.6 Å². The van der Waals surface area contributed by atoms with E-state index in [2.05, 4.69) is 10.6 Å². The number of carboxylic acids is 1. The van der Waals surface area contributed by atoms with Crippen molar-refractivity contribution >= 4 is 27.6 Å². The molecule has 0 spiro atoms. The van der Waals surface area contributed by atoms with Gasteiger partial charge in [0.05, 0.1) is 17.7 Å². The predicted octanol–water partition coefficient (Wildman–Crippen LogP) is 0.560. The maximum atomic E-state index is 13.1. The van der Waals surface area contributed by atoms with Gasteiger partial charge in [0, 0.05) is 26.9 Å². The van der Waals surface area contributed by atoms with E-state index in [1.807, 2.05) is 34.6 Å². The van der Waals surface area contributed by atoms with E-state index in [0.29, 0.717) is 0 Å². The first-order valence-electron chi connectivity index (χ1n) is 9.60. The molecule has 3 N–H and O–H groups in total. The Kier molecular flexibility index (Phi) is 10.3. The molecule has 0 aromatic carbocycles. The largest absolute Gasteiger partial charge is 0.481 e. The van der Waals surface area contributed by atoms with Crippen LogP contribution in [0.1, 0.15) is 41.0 Å². The molecule has 29 heavy (non-hydrogen) atoms. The van der Waals surface area contributed by atoms with Gasteiger partial charge in [0.25, 0.3) is 0 Å². The lowest BCUT2D eigenvalue weighted by Gasteiger charge is -2.34. The first-order chi connectivity index (χ1) is 13.0. The van der Waals surface area contributed by atoms with Crippen LogP contribution in [-0.4, -0.2) is 75.0 Å². The van der Waals surface area contributed by atoms with Crippen LogP contribution in [0.15, 0.2) is 0 Å². The second-order valence-electron chi connectivity index (χ2n) is 9.25. The van der Waals surface area contributed by atoms with Crippen molar-refractivity contribution in [2.75, 3.05) is 32.8 Å². The Balaban J connectivity index is 5.70. The standard InChI is InChI=1S/C19H37N3O6S/c1-12(2)9-13(14(18(25)26)10-20-11-29(8,27)28)16(23)21-15(19(3,4)5)17(24)22(6)7/h12-15,20H,9-11H2,1-8H3,(H,21,23)(H,25,26)/t13-,14+,15-/m1/s1. The van der Waals surface area contributed by atoms with Crippen molar-refractivity contribution in [3.05, 3.63) is 0 Å². The van der Waals surface area contributed by atoms with E-state index < -0.39 is 45.0 Å². The van der Waals surface area contributed by atoms with Gasteiger partial charge in [0.1, 0.15) is 6.04 Å². The minimum absolute atomic E-state index is 0.0279. The summed E-state index contributed by atoms with van der Waals surface area (Å²) in [6.07, 6.45) is 1.32. The molecule has 0 fully saturated rings. The van der Waals surface area contributed by atoms with E-state index in [-0.39, 0.29) is 30.7 Å². The zero-order valence-corrected chi connectivity index (χ0v) is 19.6. The van der Waals surface area contributed by atoms with Gasteiger partial charge in [-0.2, -0.15) is 0 Å². The molecule has 0 aliphatic heterocycles. The van der Waals surface area contributed by atoms with Crippen LogP contribution in [0.2, 0.25) is 0 Å². The van der Waals surface area contributed by atoms with Crippen molar-refractivity contribution in [3.8, 4) is 0 Å². The number of likely N-dealkylation sites (N-methyl/N-ethyl adjacent to an activating group) is 1. The summed E-state index contributed by atoms with van der Waals surface area (Å²) in [6, 6.07) is -0.821. The van der Waals surface area contributed by atoms with E-state index in [4.69, 9.17) is 0 Å². The highest BCUT2D eigenvalue weighted by atomic mass is 32.2. The zero-order chi connectivity index (χ0) is 23.2. The lowest BCUT2D eigenvalue weighted by molar-refractivity contribution is -0.148. The molecule has 10 heteroatoms. The number of nitrogens with zero attached hydrogens (tertiary/aromatic N) is 1. The zero-order valence-electron chi connectivity index (χ0n) is 18.8. The van der Waals surface area contributed by atoms with E-state index in [1.165, 1.54) is 4.90 Å². The van der Waals surface area contributed by atoms with E-state index >= 15 is 0 Å². The van der Waals surface area contributed by atoms with Crippen molar-refractivity contribution in [3.63, 3.8) is 0 Å². The van der Waals surface area contributed by atoms with E-state index in [9.17, 15) is 27.9 Å². The highest BCUT2D eigenvalue weighted by Gasteiger charge is 2.39. The Hall–Kier alpha value is -1.68. The molecule has 0 saturated carbocycles. The fourth-order valence-corrected chi connectivity index (χ4v) is 3.41. The quantitative estimate of drug-likeness (QED) is 0.432. The molecule has 0 aliphatic carbocycles. The van der Waals surface area contributed by atoms with E-state index in [1.54, 1.807) is 14.1 Å². The normalized spacial score (nSPS) is 15.5. The van der Waals surface area contributed by atoms with Gasteiger partial charge in [-0.05, 0) is 17.8 Å². The molecule has 0 unspecified atom stereocenters. The highest BCUT2D eigenvalue weighted by molar-refractivity contribution is 7.90. The maximum Gasteiger partial charge on any atom is 0.308 e. The molecule has 0 radical (unpaired) electrons. The summed E-state index contributed by atoms with van der Waals surface area (Å²) in [6.45, 7) is 9.02. The van der Waals surface area contributed by atoms with Crippen molar-refractivity contribution in [2.45, 2.75) is 47.1 Å². The number of hydrogen-bond acceptors (Lipinski definition) is 6. The third-order valence-corrected chi connectivity index (χ3v) is 5.16. The number of amides is 2. The molecule has 0 heterocycles. The number of carboxylic acid groups (broad SMARTS) is 1. The van der Waals surface area contributed by atoms with Crippen LogP contribution in [0.5, 0.6) is 0 Å². The monoisotopic (exact) mass is 435 g/mol. The molecule has 9 nitrogen and oxygen atoms in total. The highest BCUT2D eigenvalue weighted by Crippen LogP contribution is 2.25. The van der Waals surface area contributed by atoms with Crippen LogP contribution in [0.25, 0.3) is 0 Å². The Morgan fingerprint density at radius 2 is 1.59 bits per heavy atom. The smallest absolute Gasteiger partial charge is 0.308 e. The lowest BCUT2D eigenvalue weighted by Crippen LogP contribution is -2.56. The van der Waals surface area contributed by atoms with Crippen LogP contribution in [0.4, 0.5) is 0 Å². The molecule has 2 amide bonds. The molecule has 0 saturated heterocycles. The average Bonchev–Trinajstić information content (AvgIpc) is 2.51. The van der Waals surface area contributed by atoms with Crippen molar-refractivity contribution in [2.24, 2.45) is 23.2 Å². The summed E-state index contributed by atoms with van der Waals surface area (Å²) in [5.41, 5.74) is -0.577.